The highest BCUT2D eigenvalue weighted by molar-refractivity contribution is 7.88. The Morgan fingerprint density at radius 1 is 1.38 bits per heavy atom. The van der Waals surface area contributed by atoms with Crippen molar-refractivity contribution in [3.05, 3.63) is 48.0 Å². The average molecular weight is 309 g/mol. The van der Waals surface area contributed by atoms with Gasteiger partial charge < -0.3 is 4.74 Å². The number of hydrogen-bond acceptors (Lipinski definition) is 4. The van der Waals surface area contributed by atoms with Crippen LogP contribution in [0.1, 0.15) is 18.6 Å². The molecule has 1 aliphatic rings. The molecule has 0 amide bonds. The Morgan fingerprint density at radius 2 is 2.00 bits per heavy atom. The van der Waals surface area contributed by atoms with E-state index in [9.17, 15) is 13.2 Å². The minimum atomic E-state index is -3.28. The summed E-state index contributed by atoms with van der Waals surface area (Å²) >= 11 is 0. The van der Waals surface area contributed by atoms with Gasteiger partial charge in [0.2, 0.25) is 10.0 Å². The lowest BCUT2D eigenvalue weighted by Gasteiger charge is -2.24. The summed E-state index contributed by atoms with van der Waals surface area (Å²) in [5.74, 6) is -0.625. The van der Waals surface area contributed by atoms with Gasteiger partial charge in [0, 0.05) is 25.9 Å². The molecule has 1 heterocycles. The zero-order valence-electron chi connectivity index (χ0n) is 12.2. The fourth-order valence-corrected chi connectivity index (χ4v) is 3.35. The number of benzene rings is 1. The van der Waals surface area contributed by atoms with Crippen molar-refractivity contribution < 1.29 is 17.9 Å². The Kier molecular flexibility index (Phi) is 4.49. The number of ether oxygens (including phenoxy) is 1. The summed E-state index contributed by atoms with van der Waals surface area (Å²) in [4.78, 5) is 11.4. The number of hydrogen-bond donors (Lipinski definition) is 0. The molecule has 0 radical (unpaired) electrons. The maximum absolute atomic E-state index is 11.7. The molecule has 0 aliphatic carbocycles. The van der Waals surface area contributed by atoms with Crippen LogP contribution in [0.4, 0.5) is 0 Å². The molecule has 21 heavy (non-hydrogen) atoms. The van der Waals surface area contributed by atoms with Crippen LogP contribution in [0.5, 0.6) is 0 Å². The Labute approximate surface area is 125 Å². The number of nitrogens with zero attached hydrogens (tertiary/aromatic N) is 1. The molecule has 5 nitrogen and oxygen atoms in total. The summed E-state index contributed by atoms with van der Waals surface area (Å²) in [6.45, 7) is 5.86. The molecule has 1 fully saturated rings. The Morgan fingerprint density at radius 3 is 2.48 bits per heavy atom. The average Bonchev–Trinajstić information content (AvgIpc) is 2.79. The lowest BCUT2D eigenvalue weighted by Crippen LogP contribution is -2.29. The van der Waals surface area contributed by atoms with E-state index in [1.54, 1.807) is 0 Å². The van der Waals surface area contributed by atoms with Crippen molar-refractivity contribution in [3.8, 4) is 0 Å². The predicted octanol–water partition coefficient (Wildman–Crippen LogP) is 1.74. The zero-order chi connectivity index (χ0) is 15.6. The first kappa shape index (κ1) is 15.7. The molecule has 0 saturated carbocycles. The van der Waals surface area contributed by atoms with Gasteiger partial charge in [0.15, 0.2) is 0 Å². The highest BCUT2D eigenvalue weighted by Crippen LogP contribution is 2.36. The van der Waals surface area contributed by atoms with Crippen LogP contribution in [0, 0.1) is 5.92 Å². The van der Waals surface area contributed by atoms with Crippen molar-refractivity contribution in [2.75, 3.05) is 19.3 Å². The first-order valence-electron chi connectivity index (χ1n) is 6.64. The van der Waals surface area contributed by atoms with Gasteiger partial charge in [-0.15, -0.1) is 0 Å². The second kappa shape index (κ2) is 5.99. The lowest BCUT2D eigenvalue weighted by molar-refractivity contribution is -0.148. The van der Waals surface area contributed by atoms with Gasteiger partial charge in [0.05, 0.1) is 6.26 Å². The third-order valence-corrected chi connectivity index (χ3v) is 4.78. The van der Waals surface area contributed by atoms with E-state index in [4.69, 9.17) is 4.74 Å². The van der Waals surface area contributed by atoms with Gasteiger partial charge in [-0.2, -0.15) is 4.31 Å². The van der Waals surface area contributed by atoms with Gasteiger partial charge in [0.25, 0.3) is 0 Å². The van der Waals surface area contributed by atoms with E-state index in [1.165, 1.54) is 17.5 Å². The number of carbonyl (C=O) groups excluding carboxylic acids is 1. The third kappa shape index (κ3) is 3.71. The minimum Gasteiger partial charge on any atom is -0.457 e. The Hall–Kier alpha value is -1.66. The highest BCUT2D eigenvalue weighted by Gasteiger charge is 2.38. The summed E-state index contributed by atoms with van der Waals surface area (Å²) in [6, 6.07) is 9.32. The van der Waals surface area contributed by atoms with Crippen LogP contribution >= 0.6 is 0 Å². The van der Waals surface area contributed by atoms with Gasteiger partial charge in [-0.3, -0.25) is 4.79 Å². The van der Waals surface area contributed by atoms with Crippen LogP contribution in [0.3, 0.4) is 0 Å². The molecule has 6 heteroatoms. The van der Waals surface area contributed by atoms with Gasteiger partial charge in [-0.1, -0.05) is 42.5 Å². The molecule has 0 bridgehead atoms. The van der Waals surface area contributed by atoms with Gasteiger partial charge in [-0.05, 0) is 5.56 Å². The molecule has 1 aliphatic heterocycles. The molecular formula is C15H19NO4S. The maximum Gasteiger partial charge on any atom is 0.303 e. The SMILES string of the molecule is C=C1CN(S(C)(=O)=O)C[C@H]1[C@@H](OC(C)=O)c1ccccc1. The van der Waals surface area contributed by atoms with E-state index in [2.05, 4.69) is 6.58 Å². The smallest absolute Gasteiger partial charge is 0.303 e. The standard InChI is InChI=1S/C15H19NO4S/c1-11-9-16(21(3,18)19)10-14(11)15(20-12(2)17)13-7-5-4-6-8-13/h4-8,14-15H,1,9-10H2,2-3H3/t14-,15+/m1/s1. The molecule has 2 rings (SSSR count). The van der Waals surface area contributed by atoms with Crippen LogP contribution in [0.2, 0.25) is 0 Å². The fourth-order valence-electron chi connectivity index (χ4n) is 2.52. The number of sulfonamides is 1. The van der Waals surface area contributed by atoms with E-state index in [-0.39, 0.29) is 19.0 Å². The molecule has 1 saturated heterocycles. The van der Waals surface area contributed by atoms with Crippen molar-refractivity contribution in [2.24, 2.45) is 5.92 Å². The molecule has 0 N–H and O–H groups in total. The predicted molar refractivity (Wildman–Crippen MR) is 80.0 cm³/mol. The van der Waals surface area contributed by atoms with Crippen LogP contribution < -0.4 is 0 Å². The molecule has 2 atom stereocenters. The van der Waals surface area contributed by atoms with E-state index in [0.717, 1.165) is 11.1 Å². The molecule has 0 aromatic heterocycles. The van der Waals surface area contributed by atoms with Crippen LogP contribution in [0.25, 0.3) is 0 Å². The molecule has 114 valence electrons. The van der Waals surface area contributed by atoms with E-state index >= 15 is 0 Å². The maximum atomic E-state index is 11.7. The second-order valence-electron chi connectivity index (χ2n) is 5.26. The van der Waals surface area contributed by atoms with Crippen LogP contribution in [-0.2, 0) is 19.6 Å². The third-order valence-electron chi connectivity index (χ3n) is 3.56. The summed E-state index contributed by atoms with van der Waals surface area (Å²) in [5, 5.41) is 0. The van der Waals surface area contributed by atoms with Gasteiger partial charge in [-0.25, -0.2) is 8.42 Å². The van der Waals surface area contributed by atoms with Gasteiger partial charge >= 0.3 is 5.97 Å². The lowest BCUT2D eigenvalue weighted by atomic mass is 9.92. The first-order chi connectivity index (χ1) is 9.79. The second-order valence-corrected chi connectivity index (χ2v) is 7.24. The van der Waals surface area contributed by atoms with Crippen LogP contribution in [0.15, 0.2) is 42.5 Å². The first-order valence-corrected chi connectivity index (χ1v) is 8.49. The molecule has 1 aromatic rings. The minimum absolute atomic E-state index is 0.231. The number of esters is 1. The van der Waals surface area contributed by atoms with E-state index < -0.39 is 22.1 Å². The van der Waals surface area contributed by atoms with Gasteiger partial charge in [0.1, 0.15) is 6.10 Å². The van der Waals surface area contributed by atoms with E-state index in [1.807, 2.05) is 30.3 Å². The van der Waals surface area contributed by atoms with Crippen molar-refractivity contribution in [3.63, 3.8) is 0 Å². The summed E-state index contributed by atoms with van der Waals surface area (Å²) in [5.41, 5.74) is 1.60. The number of carbonyl (C=O) groups is 1. The molecule has 0 unspecified atom stereocenters. The highest BCUT2D eigenvalue weighted by atomic mass is 32.2. The normalized spacial score (nSPS) is 21.2. The number of rotatable bonds is 4. The zero-order valence-corrected chi connectivity index (χ0v) is 13.0. The summed E-state index contributed by atoms with van der Waals surface area (Å²) in [6.07, 6.45) is 0.661. The topological polar surface area (TPSA) is 63.7 Å². The molecular weight excluding hydrogens is 290 g/mol. The fraction of sp³-hybridized carbons (Fsp3) is 0.400. The van der Waals surface area contributed by atoms with Crippen LogP contribution in [-0.4, -0.2) is 38.0 Å². The largest absolute Gasteiger partial charge is 0.457 e. The Balaban J connectivity index is 2.30. The summed E-state index contributed by atoms with van der Waals surface area (Å²) < 4.78 is 30.2. The summed E-state index contributed by atoms with van der Waals surface area (Å²) in [7, 11) is -3.28. The molecule has 0 spiro atoms. The van der Waals surface area contributed by atoms with Crippen molar-refractivity contribution in [1.82, 2.24) is 4.31 Å². The monoisotopic (exact) mass is 309 g/mol. The van der Waals surface area contributed by atoms with Crippen molar-refractivity contribution >= 4 is 16.0 Å². The van der Waals surface area contributed by atoms with Crippen molar-refractivity contribution in [1.29, 1.82) is 0 Å². The quantitative estimate of drug-likeness (QED) is 0.628. The molecule has 1 aromatic carbocycles. The van der Waals surface area contributed by atoms with E-state index in [0.29, 0.717) is 0 Å². The Bertz CT molecular complexity index is 639. The van der Waals surface area contributed by atoms with Crippen molar-refractivity contribution in [2.45, 2.75) is 13.0 Å².